The van der Waals surface area contributed by atoms with Crippen LogP contribution in [0.25, 0.3) is 0 Å². The Balaban J connectivity index is 2.26. The number of aryl methyl sites for hydroxylation is 1. The molecule has 1 fully saturated rings. The lowest BCUT2D eigenvalue weighted by atomic mass is 9.99. The van der Waals surface area contributed by atoms with E-state index < -0.39 is 13.9 Å². The molecule has 0 bridgehead atoms. The van der Waals surface area contributed by atoms with Gasteiger partial charge in [0.2, 0.25) is 0 Å². The van der Waals surface area contributed by atoms with Crippen LogP contribution in [0.3, 0.4) is 0 Å². The standard InChI is InChI=1S/C29H51NO3Si/c1-8-11-18-34(19-12-9-2,20-13-10-3)33-27-22-26(21-25-17-15-14-16-24(25)4)30(23-27)28(31)32-29(5,6)7/h14-17,26-27H,8-13,18-23H2,1-7H3/t26-,27+/m0/s1. The number of amides is 1. The Morgan fingerprint density at radius 2 is 1.56 bits per heavy atom. The van der Waals surface area contributed by atoms with E-state index in [1.807, 2.05) is 25.7 Å². The van der Waals surface area contributed by atoms with Gasteiger partial charge in [-0.15, -0.1) is 0 Å². The number of nitrogens with zero attached hydrogens (tertiary/aromatic N) is 1. The monoisotopic (exact) mass is 489 g/mol. The van der Waals surface area contributed by atoms with Gasteiger partial charge in [0.05, 0.1) is 6.10 Å². The van der Waals surface area contributed by atoms with Gasteiger partial charge >= 0.3 is 6.09 Å². The second-order valence-electron chi connectivity index (χ2n) is 11.4. The highest BCUT2D eigenvalue weighted by molar-refractivity contribution is 6.73. The van der Waals surface area contributed by atoms with Gasteiger partial charge in [0.15, 0.2) is 8.32 Å². The number of likely N-dealkylation sites (tertiary alicyclic amines) is 1. The molecule has 1 aromatic rings. The van der Waals surface area contributed by atoms with Crippen molar-refractivity contribution in [1.29, 1.82) is 0 Å². The molecule has 4 nitrogen and oxygen atoms in total. The molecule has 0 aromatic heterocycles. The van der Waals surface area contributed by atoms with Gasteiger partial charge in [0.1, 0.15) is 5.60 Å². The van der Waals surface area contributed by atoms with Crippen LogP contribution in [-0.4, -0.2) is 43.6 Å². The van der Waals surface area contributed by atoms with E-state index in [4.69, 9.17) is 9.16 Å². The van der Waals surface area contributed by atoms with Gasteiger partial charge < -0.3 is 14.1 Å². The minimum absolute atomic E-state index is 0.121. The zero-order chi connectivity index (χ0) is 25.2. The number of rotatable bonds is 13. The summed E-state index contributed by atoms with van der Waals surface area (Å²) in [7, 11) is -1.85. The maximum Gasteiger partial charge on any atom is 0.410 e. The minimum atomic E-state index is -1.85. The molecule has 0 aliphatic carbocycles. The first-order valence-corrected chi connectivity index (χ1v) is 16.4. The third kappa shape index (κ3) is 9.03. The molecule has 1 amide bonds. The topological polar surface area (TPSA) is 38.8 Å². The number of unbranched alkanes of at least 4 members (excludes halogenated alkanes) is 3. The summed E-state index contributed by atoms with van der Waals surface area (Å²) in [6, 6.07) is 12.4. The van der Waals surface area contributed by atoms with Crippen molar-refractivity contribution >= 4 is 14.4 Å². The Morgan fingerprint density at radius 1 is 1.00 bits per heavy atom. The summed E-state index contributed by atoms with van der Waals surface area (Å²) in [5, 5.41) is 0. The largest absolute Gasteiger partial charge is 0.444 e. The number of carbonyl (C=O) groups excluding carboxylic acids is 1. The van der Waals surface area contributed by atoms with E-state index in [2.05, 4.69) is 52.0 Å². The van der Waals surface area contributed by atoms with Crippen LogP contribution in [0.2, 0.25) is 18.1 Å². The Hall–Kier alpha value is -1.33. The van der Waals surface area contributed by atoms with Gasteiger partial charge in [-0.1, -0.05) is 83.6 Å². The van der Waals surface area contributed by atoms with Crippen LogP contribution in [0.5, 0.6) is 0 Å². The molecule has 0 saturated carbocycles. The normalized spacial score (nSPS) is 19.0. The van der Waals surface area contributed by atoms with E-state index in [-0.39, 0.29) is 18.2 Å². The first kappa shape index (κ1) is 28.9. The van der Waals surface area contributed by atoms with E-state index in [0.717, 1.165) is 12.8 Å². The molecule has 34 heavy (non-hydrogen) atoms. The summed E-state index contributed by atoms with van der Waals surface area (Å²) < 4.78 is 13.0. The molecule has 2 rings (SSSR count). The fraction of sp³-hybridized carbons (Fsp3) is 0.759. The van der Waals surface area contributed by atoms with Crippen molar-refractivity contribution in [2.75, 3.05) is 6.54 Å². The Kier molecular flexibility index (Phi) is 11.6. The Labute approximate surface area is 210 Å². The van der Waals surface area contributed by atoms with E-state index in [1.54, 1.807) is 0 Å². The summed E-state index contributed by atoms with van der Waals surface area (Å²) >= 11 is 0. The molecule has 1 saturated heterocycles. The van der Waals surface area contributed by atoms with Gasteiger partial charge in [-0.2, -0.15) is 0 Å². The second kappa shape index (κ2) is 13.7. The van der Waals surface area contributed by atoms with Gasteiger partial charge in [-0.3, -0.25) is 0 Å². The number of carbonyl (C=O) groups is 1. The molecule has 0 unspecified atom stereocenters. The van der Waals surface area contributed by atoms with Crippen LogP contribution in [0.15, 0.2) is 24.3 Å². The molecule has 1 aromatic carbocycles. The van der Waals surface area contributed by atoms with Crippen molar-refractivity contribution in [3.05, 3.63) is 35.4 Å². The van der Waals surface area contributed by atoms with Gasteiger partial charge in [-0.05, 0) is 69.8 Å². The quantitative estimate of drug-likeness (QED) is 0.262. The van der Waals surface area contributed by atoms with E-state index in [0.29, 0.717) is 6.54 Å². The molecule has 1 aliphatic heterocycles. The third-order valence-electron chi connectivity index (χ3n) is 7.10. The number of benzene rings is 1. The van der Waals surface area contributed by atoms with E-state index in [1.165, 1.54) is 67.8 Å². The van der Waals surface area contributed by atoms with Crippen molar-refractivity contribution in [3.63, 3.8) is 0 Å². The van der Waals surface area contributed by atoms with Gasteiger partial charge in [0.25, 0.3) is 0 Å². The number of ether oxygens (including phenoxy) is 1. The maximum atomic E-state index is 13.2. The summed E-state index contributed by atoms with van der Waals surface area (Å²) in [5.74, 6) is 0. The fourth-order valence-corrected chi connectivity index (χ4v) is 10.2. The van der Waals surface area contributed by atoms with Crippen molar-refractivity contribution in [2.45, 2.75) is 136 Å². The average molecular weight is 490 g/mol. The highest BCUT2D eigenvalue weighted by Crippen LogP contribution is 2.35. The summed E-state index contributed by atoms with van der Waals surface area (Å²) in [4.78, 5) is 15.2. The summed E-state index contributed by atoms with van der Waals surface area (Å²) in [5.41, 5.74) is 2.10. The van der Waals surface area contributed by atoms with Gasteiger partial charge in [0, 0.05) is 12.6 Å². The average Bonchev–Trinajstić information content (AvgIpc) is 3.17. The first-order chi connectivity index (χ1) is 16.1. The predicted octanol–water partition coefficient (Wildman–Crippen LogP) is 8.28. The zero-order valence-corrected chi connectivity index (χ0v) is 24.1. The lowest BCUT2D eigenvalue weighted by Crippen LogP contribution is -2.44. The SMILES string of the molecule is CCCC[Si](CCCC)(CCCC)O[C@@H]1C[C@H](Cc2ccccc2C)N(C(=O)OC(C)(C)C)C1. The highest BCUT2D eigenvalue weighted by atomic mass is 28.4. The maximum absolute atomic E-state index is 13.2. The van der Waals surface area contributed by atoms with Crippen LogP contribution in [0.4, 0.5) is 4.79 Å². The lowest BCUT2D eigenvalue weighted by molar-refractivity contribution is 0.0210. The fourth-order valence-electron chi connectivity index (χ4n) is 5.19. The highest BCUT2D eigenvalue weighted by Gasteiger charge is 2.43. The Morgan fingerprint density at radius 3 is 2.06 bits per heavy atom. The van der Waals surface area contributed by atoms with Gasteiger partial charge in [-0.25, -0.2) is 4.79 Å². The number of hydrogen-bond donors (Lipinski definition) is 0. The zero-order valence-electron chi connectivity index (χ0n) is 23.1. The van der Waals surface area contributed by atoms with E-state index in [9.17, 15) is 4.79 Å². The third-order valence-corrected chi connectivity index (χ3v) is 11.7. The molecule has 0 radical (unpaired) electrons. The van der Waals surface area contributed by atoms with Crippen molar-refractivity contribution in [2.24, 2.45) is 0 Å². The second-order valence-corrected chi connectivity index (χ2v) is 15.5. The van der Waals surface area contributed by atoms with Crippen LogP contribution >= 0.6 is 0 Å². The van der Waals surface area contributed by atoms with Crippen molar-refractivity contribution in [1.82, 2.24) is 4.90 Å². The smallest absolute Gasteiger partial charge is 0.410 e. The molecular weight excluding hydrogens is 438 g/mol. The molecule has 0 N–H and O–H groups in total. The van der Waals surface area contributed by atoms with E-state index >= 15 is 0 Å². The molecule has 2 atom stereocenters. The van der Waals surface area contributed by atoms with Crippen molar-refractivity contribution in [3.8, 4) is 0 Å². The van der Waals surface area contributed by atoms with Crippen LogP contribution in [0.1, 0.15) is 97.6 Å². The molecule has 1 aliphatic rings. The molecule has 194 valence electrons. The Bertz CT molecular complexity index is 723. The molecule has 1 heterocycles. The van der Waals surface area contributed by atoms with Crippen LogP contribution < -0.4 is 0 Å². The minimum Gasteiger partial charge on any atom is -0.444 e. The number of hydrogen-bond acceptors (Lipinski definition) is 3. The predicted molar refractivity (Wildman–Crippen MR) is 146 cm³/mol. The summed E-state index contributed by atoms with van der Waals surface area (Å²) in [6.45, 7) is 15.5. The first-order valence-electron chi connectivity index (χ1n) is 13.8. The molecular formula is C29H51NO3Si. The molecule has 5 heteroatoms. The van der Waals surface area contributed by atoms with Crippen LogP contribution in [-0.2, 0) is 15.6 Å². The summed E-state index contributed by atoms with van der Waals surface area (Å²) in [6.07, 6.45) is 9.15. The van der Waals surface area contributed by atoms with Crippen LogP contribution in [0, 0.1) is 6.92 Å². The molecule has 0 spiro atoms. The van der Waals surface area contributed by atoms with Crippen molar-refractivity contribution < 1.29 is 14.0 Å². The lowest BCUT2D eigenvalue weighted by Gasteiger charge is -2.35.